The molecule has 0 aliphatic carbocycles. The molecule has 0 bridgehead atoms. The number of amides is 1. The maximum Gasteiger partial charge on any atom is 0.308 e. The summed E-state index contributed by atoms with van der Waals surface area (Å²) in [6.07, 6.45) is 1.22. The van der Waals surface area contributed by atoms with E-state index < -0.39 is 21.9 Å². The van der Waals surface area contributed by atoms with E-state index in [0.29, 0.717) is 25.9 Å². The lowest BCUT2D eigenvalue weighted by molar-refractivity contribution is -0.141. The first-order valence-corrected chi connectivity index (χ1v) is 7.99. The van der Waals surface area contributed by atoms with Crippen molar-refractivity contribution in [1.82, 2.24) is 9.21 Å². The van der Waals surface area contributed by atoms with Crippen molar-refractivity contribution in [2.24, 2.45) is 5.92 Å². The number of carboxylic acid groups (broad SMARTS) is 1. The average Bonchev–Trinajstić information content (AvgIpc) is 2.92. The SMILES string of the molecule is O=C(O)C1CCN(C(=O)CCN2CCCS2(=O)=O)C1. The topological polar surface area (TPSA) is 95.0 Å². The fraction of sp³-hybridized carbons (Fsp3) is 0.818. The van der Waals surface area contributed by atoms with Crippen LogP contribution < -0.4 is 0 Å². The molecular weight excluding hydrogens is 272 g/mol. The van der Waals surface area contributed by atoms with Gasteiger partial charge in [0.15, 0.2) is 0 Å². The highest BCUT2D eigenvalue weighted by Gasteiger charge is 2.32. The predicted molar refractivity (Wildman–Crippen MR) is 66.9 cm³/mol. The molecule has 2 fully saturated rings. The lowest BCUT2D eigenvalue weighted by Crippen LogP contribution is -2.34. The molecule has 1 unspecified atom stereocenters. The van der Waals surface area contributed by atoms with E-state index in [-0.39, 0.29) is 31.2 Å². The molecule has 0 saturated carbocycles. The molecule has 0 aromatic carbocycles. The average molecular weight is 290 g/mol. The van der Waals surface area contributed by atoms with Gasteiger partial charge in [-0.25, -0.2) is 12.7 Å². The number of carbonyl (C=O) groups is 2. The maximum absolute atomic E-state index is 11.9. The van der Waals surface area contributed by atoms with Crippen molar-refractivity contribution in [2.45, 2.75) is 19.3 Å². The van der Waals surface area contributed by atoms with Crippen molar-refractivity contribution < 1.29 is 23.1 Å². The molecule has 1 atom stereocenters. The first-order chi connectivity index (χ1) is 8.90. The van der Waals surface area contributed by atoms with Gasteiger partial charge in [0.05, 0.1) is 11.7 Å². The van der Waals surface area contributed by atoms with Gasteiger partial charge in [-0.1, -0.05) is 0 Å². The van der Waals surface area contributed by atoms with Crippen LogP contribution in [0.15, 0.2) is 0 Å². The Morgan fingerprint density at radius 2 is 2.00 bits per heavy atom. The number of aliphatic carboxylic acids is 1. The second kappa shape index (κ2) is 5.46. The predicted octanol–water partition coefficient (Wildman–Crippen LogP) is -0.655. The molecule has 2 aliphatic rings. The Hall–Kier alpha value is -1.15. The zero-order valence-electron chi connectivity index (χ0n) is 10.6. The van der Waals surface area contributed by atoms with E-state index in [4.69, 9.17) is 5.11 Å². The monoisotopic (exact) mass is 290 g/mol. The van der Waals surface area contributed by atoms with Crippen molar-refractivity contribution in [3.8, 4) is 0 Å². The highest BCUT2D eigenvalue weighted by atomic mass is 32.2. The van der Waals surface area contributed by atoms with Crippen LogP contribution in [0.1, 0.15) is 19.3 Å². The van der Waals surface area contributed by atoms with Gasteiger partial charge in [0.1, 0.15) is 0 Å². The molecule has 0 spiro atoms. The molecule has 2 aliphatic heterocycles. The standard InChI is InChI=1S/C11H18N2O5S/c14-10(12-5-2-9(8-12)11(15)16)3-6-13-4-1-7-19(13,17)18/h9H,1-8H2,(H,15,16). The Morgan fingerprint density at radius 3 is 2.53 bits per heavy atom. The van der Waals surface area contributed by atoms with Gasteiger partial charge >= 0.3 is 5.97 Å². The first kappa shape index (κ1) is 14.3. The molecule has 0 aromatic rings. The normalized spacial score (nSPS) is 26.7. The van der Waals surface area contributed by atoms with E-state index in [0.717, 1.165) is 0 Å². The Bertz CT molecular complexity index is 475. The van der Waals surface area contributed by atoms with E-state index >= 15 is 0 Å². The summed E-state index contributed by atoms with van der Waals surface area (Å²) < 4.78 is 24.5. The third kappa shape index (κ3) is 3.24. The maximum atomic E-state index is 11.9. The smallest absolute Gasteiger partial charge is 0.308 e. The van der Waals surface area contributed by atoms with Gasteiger partial charge in [-0.3, -0.25) is 9.59 Å². The fourth-order valence-corrected chi connectivity index (χ4v) is 4.04. The Balaban J connectivity index is 1.81. The molecule has 2 heterocycles. The minimum absolute atomic E-state index is 0.131. The molecule has 0 aromatic heterocycles. The van der Waals surface area contributed by atoms with Crippen LogP contribution in [0.5, 0.6) is 0 Å². The molecule has 108 valence electrons. The van der Waals surface area contributed by atoms with Gasteiger partial charge in [0, 0.05) is 32.6 Å². The molecule has 7 nitrogen and oxygen atoms in total. The summed E-state index contributed by atoms with van der Waals surface area (Å²) in [5.41, 5.74) is 0. The summed E-state index contributed by atoms with van der Waals surface area (Å²) in [4.78, 5) is 24.2. The van der Waals surface area contributed by atoms with Gasteiger partial charge < -0.3 is 10.0 Å². The van der Waals surface area contributed by atoms with Crippen LogP contribution in [-0.2, 0) is 19.6 Å². The van der Waals surface area contributed by atoms with Crippen molar-refractivity contribution in [1.29, 1.82) is 0 Å². The van der Waals surface area contributed by atoms with Crippen LogP contribution in [0.25, 0.3) is 0 Å². The summed E-state index contributed by atoms with van der Waals surface area (Å²) in [6, 6.07) is 0. The number of carboxylic acids is 1. The number of rotatable bonds is 4. The second-order valence-corrected chi connectivity index (χ2v) is 7.07. The van der Waals surface area contributed by atoms with Crippen molar-refractivity contribution in [2.75, 3.05) is 31.9 Å². The van der Waals surface area contributed by atoms with Crippen molar-refractivity contribution >= 4 is 21.9 Å². The molecule has 1 amide bonds. The van der Waals surface area contributed by atoms with Crippen molar-refractivity contribution in [3.63, 3.8) is 0 Å². The highest BCUT2D eigenvalue weighted by Crippen LogP contribution is 2.18. The summed E-state index contributed by atoms with van der Waals surface area (Å²) in [5, 5.41) is 8.86. The van der Waals surface area contributed by atoms with E-state index in [2.05, 4.69) is 0 Å². The van der Waals surface area contributed by atoms with Crippen molar-refractivity contribution in [3.05, 3.63) is 0 Å². The van der Waals surface area contributed by atoms with E-state index in [1.54, 1.807) is 0 Å². The minimum atomic E-state index is -3.16. The largest absolute Gasteiger partial charge is 0.481 e. The highest BCUT2D eigenvalue weighted by molar-refractivity contribution is 7.89. The number of likely N-dealkylation sites (tertiary alicyclic amines) is 1. The first-order valence-electron chi connectivity index (χ1n) is 6.38. The van der Waals surface area contributed by atoms with Crippen LogP contribution in [0.4, 0.5) is 0 Å². The molecule has 19 heavy (non-hydrogen) atoms. The quantitative estimate of drug-likeness (QED) is 0.742. The summed E-state index contributed by atoms with van der Waals surface area (Å²) in [7, 11) is -3.16. The van der Waals surface area contributed by atoms with Gasteiger partial charge in [0.2, 0.25) is 15.9 Å². The third-order valence-corrected chi connectivity index (χ3v) is 5.62. The number of carbonyl (C=O) groups excluding carboxylic acids is 1. The third-order valence-electron chi connectivity index (χ3n) is 3.67. The molecule has 2 saturated heterocycles. The lowest BCUT2D eigenvalue weighted by atomic mass is 10.1. The van der Waals surface area contributed by atoms with Crippen LogP contribution in [0, 0.1) is 5.92 Å². The number of nitrogens with zero attached hydrogens (tertiary/aromatic N) is 2. The van der Waals surface area contributed by atoms with Gasteiger partial charge in [-0.2, -0.15) is 0 Å². The number of sulfonamides is 1. The molecule has 2 rings (SSSR count). The van der Waals surface area contributed by atoms with E-state index in [9.17, 15) is 18.0 Å². The number of hydrogen-bond donors (Lipinski definition) is 1. The van der Waals surface area contributed by atoms with Gasteiger partial charge in [0.25, 0.3) is 0 Å². The molecular formula is C11H18N2O5S. The summed E-state index contributed by atoms with van der Waals surface area (Å²) in [5.74, 6) is -1.37. The molecule has 1 N–H and O–H groups in total. The van der Waals surface area contributed by atoms with Crippen LogP contribution >= 0.6 is 0 Å². The molecule has 8 heteroatoms. The zero-order valence-corrected chi connectivity index (χ0v) is 11.4. The zero-order chi connectivity index (χ0) is 14.0. The minimum Gasteiger partial charge on any atom is -0.481 e. The summed E-state index contributed by atoms with van der Waals surface area (Å²) >= 11 is 0. The Kier molecular flexibility index (Phi) is 4.10. The number of hydrogen-bond acceptors (Lipinski definition) is 4. The van der Waals surface area contributed by atoms with Gasteiger partial charge in [-0.15, -0.1) is 0 Å². The Morgan fingerprint density at radius 1 is 1.26 bits per heavy atom. The van der Waals surface area contributed by atoms with E-state index in [1.165, 1.54) is 9.21 Å². The lowest BCUT2D eigenvalue weighted by Gasteiger charge is -2.18. The van der Waals surface area contributed by atoms with Crippen LogP contribution in [-0.4, -0.2) is 66.5 Å². The fourth-order valence-electron chi connectivity index (χ4n) is 2.51. The Labute approximate surface area is 112 Å². The van der Waals surface area contributed by atoms with Gasteiger partial charge in [-0.05, 0) is 12.8 Å². The summed E-state index contributed by atoms with van der Waals surface area (Å²) in [6.45, 7) is 1.37. The van der Waals surface area contributed by atoms with E-state index in [1.807, 2.05) is 0 Å². The van der Waals surface area contributed by atoms with Crippen LogP contribution in [0.2, 0.25) is 0 Å². The second-order valence-electron chi connectivity index (χ2n) is 4.98. The van der Waals surface area contributed by atoms with Crippen LogP contribution in [0.3, 0.4) is 0 Å². The molecule has 0 radical (unpaired) electrons.